The Morgan fingerprint density at radius 3 is 3.13 bits per heavy atom. The maximum absolute atomic E-state index is 3.68. The molecule has 1 aliphatic heterocycles. The number of hydrogen-bond donors (Lipinski definition) is 2. The SMILES string of the molecule is CC1(C)CNCCC1NCc1cccs1. The first kappa shape index (κ1) is 11.1. The highest BCUT2D eigenvalue weighted by atomic mass is 32.1. The zero-order chi connectivity index (χ0) is 10.7. The van der Waals surface area contributed by atoms with Gasteiger partial charge in [0.25, 0.3) is 0 Å². The van der Waals surface area contributed by atoms with E-state index < -0.39 is 0 Å². The lowest BCUT2D eigenvalue weighted by Crippen LogP contribution is -2.52. The zero-order valence-corrected chi connectivity index (χ0v) is 10.4. The van der Waals surface area contributed by atoms with E-state index in [-0.39, 0.29) is 0 Å². The van der Waals surface area contributed by atoms with Crippen LogP contribution in [0.15, 0.2) is 17.5 Å². The molecule has 2 N–H and O–H groups in total. The molecule has 3 heteroatoms. The molecule has 84 valence electrons. The smallest absolute Gasteiger partial charge is 0.0302 e. The predicted molar refractivity (Wildman–Crippen MR) is 66.2 cm³/mol. The van der Waals surface area contributed by atoms with Gasteiger partial charge in [-0.15, -0.1) is 11.3 Å². The molecule has 0 amide bonds. The number of nitrogens with one attached hydrogen (secondary N) is 2. The molecule has 1 unspecified atom stereocenters. The van der Waals surface area contributed by atoms with Crippen LogP contribution in [0.25, 0.3) is 0 Å². The summed E-state index contributed by atoms with van der Waals surface area (Å²) in [5, 5.41) is 9.29. The molecule has 2 nitrogen and oxygen atoms in total. The summed E-state index contributed by atoms with van der Waals surface area (Å²) in [6, 6.07) is 4.96. The van der Waals surface area contributed by atoms with Crippen molar-refractivity contribution in [3.63, 3.8) is 0 Å². The third kappa shape index (κ3) is 2.80. The van der Waals surface area contributed by atoms with Gasteiger partial charge in [-0.3, -0.25) is 0 Å². The second-order valence-electron chi connectivity index (χ2n) is 4.97. The quantitative estimate of drug-likeness (QED) is 0.822. The lowest BCUT2D eigenvalue weighted by Gasteiger charge is -2.39. The Hall–Kier alpha value is -0.380. The van der Waals surface area contributed by atoms with E-state index in [4.69, 9.17) is 0 Å². The highest BCUT2D eigenvalue weighted by Gasteiger charge is 2.31. The molecule has 2 rings (SSSR count). The van der Waals surface area contributed by atoms with Gasteiger partial charge in [-0.2, -0.15) is 0 Å². The van der Waals surface area contributed by atoms with Gasteiger partial charge in [0.1, 0.15) is 0 Å². The normalized spacial score (nSPS) is 25.3. The molecule has 0 saturated carbocycles. The highest BCUT2D eigenvalue weighted by Crippen LogP contribution is 2.25. The van der Waals surface area contributed by atoms with Gasteiger partial charge in [-0.25, -0.2) is 0 Å². The lowest BCUT2D eigenvalue weighted by molar-refractivity contribution is 0.184. The molecular formula is C12H20N2S. The third-order valence-electron chi connectivity index (χ3n) is 3.24. The fourth-order valence-corrected chi connectivity index (χ4v) is 2.84. The summed E-state index contributed by atoms with van der Waals surface area (Å²) in [7, 11) is 0. The first-order valence-electron chi connectivity index (χ1n) is 5.65. The Bertz CT molecular complexity index is 293. The highest BCUT2D eigenvalue weighted by molar-refractivity contribution is 7.09. The van der Waals surface area contributed by atoms with Crippen molar-refractivity contribution in [3.8, 4) is 0 Å². The maximum atomic E-state index is 3.68. The van der Waals surface area contributed by atoms with Crippen molar-refractivity contribution in [2.24, 2.45) is 5.41 Å². The predicted octanol–water partition coefficient (Wildman–Crippen LogP) is 2.23. The van der Waals surface area contributed by atoms with Crippen molar-refractivity contribution < 1.29 is 0 Å². The van der Waals surface area contributed by atoms with Gasteiger partial charge in [-0.1, -0.05) is 19.9 Å². The summed E-state index contributed by atoms with van der Waals surface area (Å²) in [6.45, 7) is 7.96. The van der Waals surface area contributed by atoms with Crippen molar-refractivity contribution in [2.45, 2.75) is 32.9 Å². The van der Waals surface area contributed by atoms with Crippen molar-refractivity contribution in [3.05, 3.63) is 22.4 Å². The Labute approximate surface area is 96.1 Å². The Morgan fingerprint density at radius 1 is 1.60 bits per heavy atom. The van der Waals surface area contributed by atoms with Crippen LogP contribution in [0.2, 0.25) is 0 Å². The molecule has 0 aliphatic carbocycles. The van der Waals surface area contributed by atoms with Gasteiger partial charge in [-0.05, 0) is 29.8 Å². The minimum Gasteiger partial charge on any atom is -0.316 e. The van der Waals surface area contributed by atoms with Crippen LogP contribution in [0.4, 0.5) is 0 Å². The van der Waals surface area contributed by atoms with E-state index in [0.717, 1.165) is 19.6 Å². The van der Waals surface area contributed by atoms with Crippen LogP contribution in [0.3, 0.4) is 0 Å². The minimum absolute atomic E-state index is 0.371. The van der Waals surface area contributed by atoms with Gasteiger partial charge in [0.2, 0.25) is 0 Å². The van der Waals surface area contributed by atoms with Gasteiger partial charge in [0.05, 0.1) is 0 Å². The molecule has 0 aromatic carbocycles. The molecule has 0 bridgehead atoms. The summed E-state index contributed by atoms with van der Waals surface area (Å²) in [4.78, 5) is 1.43. The van der Waals surface area contributed by atoms with E-state index in [1.807, 2.05) is 11.3 Å². The standard InChI is InChI=1S/C12H20N2S/c1-12(2)9-13-6-5-11(12)14-8-10-4-3-7-15-10/h3-4,7,11,13-14H,5-6,8-9H2,1-2H3. The van der Waals surface area contributed by atoms with Crippen LogP contribution >= 0.6 is 11.3 Å². The van der Waals surface area contributed by atoms with Crippen molar-refractivity contribution >= 4 is 11.3 Å². The van der Waals surface area contributed by atoms with Crippen LogP contribution < -0.4 is 10.6 Å². The molecule has 0 spiro atoms. The first-order valence-corrected chi connectivity index (χ1v) is 6.53. The Kier molecular flexibility index (Phi) is 3.44. The third-order valence-corrected chi connectivity index (χ3v) is 4.11. The summed E-state index contributed by atoms with van der Waals surface area (Å²) in [5.41, 5.74) is 0.371. The molecule has 1 fully saturated rings. The van der Waals surface area contributed by atoms with E-state index in [0.29, 0.717) is 11.5 Å². The Balaban J connectivity index is 1.88. The molecule has 1 atom stereocenters. The van der Waals surface area contributed by atoms with Crippen molar-refractivity contribution in [1.29, 1.82) is 0 Å². The number of rotatable bonds is 3. The second-order valence-corrected chi connectivity index (χ2v) is 6.00. The van der Waals surface area contributed by atoms with Gasteiger partial charge >= 0.3 is 0 Å². The van der Waals surface area contributed by atoms with Gasteiger partial charge in [0.15, 0.2) is 0 Å². The largest absolute Gasteiger partial charge is 0.316 e. The minimum atomic E-state index is 0.371. The van der Waals surface area contributed by atoms with Crippen LogP contribution in [-0.4, -0.2) is 19.1 Å². The monoisotopic (exact) mass is 224 g/mol. The van der Waals surface area contributed by atoms with Crippen molar-refractivity contribution in [2.75, 3.05) is 13.1 Å². The average molecular weight is 224 g/mol. The molecule has 1 aromatic heterocycles. The molecule has 1 saturated heterocycles. The molecule has 2 heterocycles. The molecule has 1 aliphatic rings. The van der Waals surface area contributed by atoms with E-state index >= 15 is 0 Å². The number of piperidine rings is 1. The molecule has 1 aromatic rings. The average Bonchev–Trinajstić information content (AvgIpc) is 2.68. The summed E-state index contributed by atoms with van der Waals surface area (Å²) in [6.07, 6.45) is 1.23. The van der Waals surface area contributed by atoms with Gasteiger partial charge in [0, 0.05) is 24.0 Å². The van der Waals surface area contributed by atoms with Gasteiger partial charge < -0.3 is 10.6 Å². The molecule has 15 heavy (non-hydrogen) atoms. The summed E-state index contributed by atoms with van der Waals surface area (Å²) >= 11 is 1.83. The zero-order valence-electron chi connectivity index (χ0n) is 9.55. The van der Waals surface area contributed by atoms with Crippen LogP contribution in [0.5, 0.6) is 0 Å². The van der Waals surface area contributed by atoms with E-state index in [2.05, 4.69) is 42.0 Å². The maximum Gasteiger partial charge on any atom is 0.0302 e. The van der Waals surface area contributed by atoms with Crippen LogP contribution in [0.1, 0.15) is 25.1 Å². The van der Waals surface area contributed by atoms with Crippen LogP contribution in [-0.2, 0) is 6.54 Å². The van der Waals surface area contributed by atoms with E-state index in [9.17, 15) is 0 Å². The second kappa shape index (κ2) is 4.64. The fraction of sp³-hybridized carbons (Fsp3) is 0.667. The Morgan fingerprint density at radius 2 is 2.47 bits per heavy atom. The fourth-order valence-electron chi connectivity index (χ4n) is 2.19. The first-order chi connectivity index (χ1) is 7.18. The lowest BCUT2D eigenvalue weighted by atomic mass is 9.80. The summed E-state index contributed by atoms with van der Waals surface area (Å²) in [5.74, 6) is 0. The molecular weight excluding hydrogens is 204 g/mol. The number of hydrogen-bond acceptors (Lipinski definition) is 3. The molecule has 0 radical (unpaired) electrons. The summed E-state index contributed by atoms with van der Waals surface area (Å²) < 4.78 is 0. The topological polar surface area (TPSA) is 24.1 Å². The van der Waals surface area contributed by atoms with Crippen molar-refractivity contribution in [1.82, 2.24) is 10.6 Å². The van der Waals surface area contributed by atoms with E-state index in [1.165, 1.54) is 11.3 Å². The van der Waals surface area contributed by atoms with E-state index in [1.54, 1.807) is 0 Å². The number of thiophene rings is 1. The van der Waals surface area contributed by atoms with Crippen LogP contribution in [0, 0.1) is 5.41 Å².